The standard InChI is InChI=1S/C15H18N2S/c1-15(13-5-3-2-4-6-13)12-17(9-8-16-15)14-7-10-18-11-14/h2-7,10-11,16H,8-9,12H2,1H3. The maximum absolute atomic E-state index is 3.67. The molecule has 1 saturated heterocycles. The van der Waals surface area contributed by atoms with Gasteiger partial charge in [0.05, 0.1) is 5.54 Å². The first-order valence-corrected chi connectivity index (χ1v) is 7.30. The van der Waals surface area contributed by atoms with Gasteiger partial charge in [-0.1, -0.05) is 30.3 Å². The number of piperazine rings is 1. The molecule has 3 rings (SSSR count). The van der Waals surface area contributed by atoms with Crippen molar-refractivity contribution in [3.63, 3.8) is 0 Å². The highest BCUT2D eigenvalue weighted by atomic mass is 32.1. The second-order valence-electron chi connectivity index (χ2n) is 5.03. The van der Waals surface area contributed by atoms with E-state index in [0.29, 0.717) is 0 Å². The third-order valence-corrected chi connectivity index (χ3v) is 4.36. The summed E-state index contributed by atoms with van der Waals surface area (Å²) >= 11 is 1.77. The largest absolute Gasteiger partial charge is 0.367 e. The van der Waals surface area contributed by atoms with Gasteiger partial charge in [0, 0.05) is 30.7 Å². The summed E-state index contributed by atoms with van der Waals surface area (Å²) < 4.78 is 0. The van der Waals surface area contributed by atoms with Crippen molar-refractivity contribution < 1.29 is 0 Å². The molecule has 1 aliphatic rings. The van der Waals surface area contributed by atoms with Crippen molar-refractivity contribution in [3.05, 3.63) is 52.7 Å². The van der Waals surface area contributed by atoms with E-state index in [1.54, 1.807) is 11.3 Å². The summed E-state index contributed by atoms with van der Waals surface area (Å²) in [5.41, 5.74) is 2.76. The smallest absolute Gasteiger partial charge is 0.0584 e. The van der Waals surface area contributed by atoms with Crippen molar-refractivity contribution in [1.29, 1.82) is 0 Å². The third-order valence-electron chi connectivity index (χ3n) is 3.69. The Labute approximate surface area is 112 Å². The quantitative estimate of drug-likeness (QED) is 0.890. The lowest BCUT2D eigenvalue weighted by atomic mass is 9.89. The van der Waals surface area contributed by atoms with E-state index in [4.69, 9.17) is 0 Å². The highest BCUT2D eigenvalue weighted by molar-refractivity contribution is 7.08. The fourth-order valence-corrected chi connectivity index (χ4v) is 3.30. The van der Waals surface area contributed by atoms with Crippen LogP contribution in [-0.2, 0) is 5.54 Å². The van der Waals surface area contributed by atoms with Crippen LogP contribution in [0.15, 0.2) is 47.2 Å². The average Bonchev–Trinajstić information content (AvgIpc) is 2.94. The summed E-state index contributed by atoms with van der Waals surface area (Å²) in [5, 5.41) is 8.05. The number of rotatable bonds is 2. The molecular weight excluding hydrogens is 240 g/mol. The van der Waals surface area contributed by atoms with Crippen molar-refractivity contribution in [2.45, 2.75) is 12.5 Å². The normalized spacial score (nSPS) is 24.2. The molecule has 0 radical (unpaired) electrons. The van der Waals surface area contributed by atoms with Gasteiger partial charge in [0.25, 0.3) is 0 Å². The minimum Gasteiger partial charge on any atom is -0.367 e. The summed E-state index contributed by atoms with van der Waals surface area (Å²) in [7, 11) is 0. The second kappa shape index (κ2) is 4.75. The molecule has 2 heterocycles. The zero-order valence-corrected chi connectivity index (χ0v) is 11.4. The second-order valence-corrected chi connectivity index (χ2v) is 5.81. The van der Waals surface area contributed by atoms with Gasteiger partial charge in [0.2, 0.25) is 0 Å². The van der Waals surface area contributed by atoms with E-state index < -0.39 is 0 Å². The highest BCUT2D eigenvalue weighted by Gasteiger charge is 2.32. The number of anilines is 1. The first kappa shape index (κ1) is 11.8. The lowest BCUT2D eigenvalue weighted by Gasteiger charge is -2.42. The molecule has 1 N–H and O–H groups in total. The zero-order valence-electron chi connectivity index (χ0n) is 10.6. The van der Waals surface area contributed by atoms with Crippen molar-refractivity contribution in [2.75, 3.05) is 24.5 Å². The SMILES string of the molecule is CC1(c2ccccc2)CN(c2ccsc2)CCN1. The van der Waals surface area contributed by atoms with Gasteiger partial charge in [-0.25, -0.2) is 0 Å². The lowest BCUT2D eigenvalue weighted by molar-refractivity contribution is 0.332. The van der Waals surface area contributed by atoms with Gasteiger partial charge in [-0.2, -0.15) is 11.3 Å². The monoisotopic (exact) mass is 258 g/mol. The third kappa shape index (κ3) is 2.16. The molecule has 3 heteroatoms. The predicted molar refractivity (Wildman–Crippen MR) is 78.3 cm³/mol. The number of benzene rings is 1. The van der Waals surface area contributed by atoms with Crippen LogP contribution in [0, 0.1) is 0 Å². The van der Waals surface area contributed by atoms with Gasteiger partial charge in [-0.05, 0) is 23.9 Å². The molecular formula is C15H18N2S. The van der Waals surface area contributed by atoms with Crippen LogP contribution in [0.3, 0.4) is 0 Å². The molecule has 0 bridgehead atoms. The fraction of sp³-hybridized carbons (Fsp3) is 0.333. The Morgan fingerprint density at radius 3 is 2.78 bits per heavy atom. The van der Waals surface area contributed by atoms with Gasteiger partial charge in [-0.3, -0.25) is 0 Å². The molecule has 2 aromatic rings. The summed E-state index contributed by atoms with van der Waals surface area (Å²) in [4.78, 5) is 2.47. The maximum atomic E-state index is 3.67. The number of thiophene rings is 1. The van der Waals surface area contributed by atoms with E-state index in [2.05, 4.69) is 64.3 Å². The summed E-state index contributed by atoms with van der Waals surface area (Å²) in [6.07, 6.45) is 0. The summed E-state index contributed by atoms with van der Waals surface area (Å²) in [5.74, 6) is 0. The van der Waals surface area contributed by atoms with E-state index >= 15 is 0 Å². The van der Waals surface area contributed by atoms with Crippen LogP contribution in [0.25, 0.3) is 0 Å². The Balaban J connectivity index is 1.85. The average molecular weight is 258 g/mol. The Morgan fingerprint density at radius 2 is 2.06 bits per heavy atom. The van der Waals surface area contributed by atoms with E-state index in [-0.39, 0.29) is 5.54 Å². The molecule has 0 amide bonds. The van der Waals surface area contributed by atoms with E-state index in [1.807, 2.05) is 0 Å². The minimum atomic E-state index is 0.0431. The fourth-order valence-electron chi connectivity index (χ4n) is 2.64. The van der Waals surface area contributed by atoms with Crippen molar-refractivity contribution in [2.24, 2.45) is 0 Å². The summed E-state index contributed by atoms with van der Waals surface area (Å²) in [6.45, 7) is 5.43. The minimum absolute atomic E-state index is 0.0431. The van der Waals surface area contributed by atoms with Crippen LogP contribution in [0.5, 0.6) is 0 Å². The number of hydrogen-bond donors (Lipinski definition) is 1. The van der Waals surface area contributed by atoms with Gasteiger partial charge >= 0.3 is 0 Å². The van der Waals surface area contributed by atoms with Crippen LogP contribution >= 0.6 is 11.3 Å². The maximum Gasteiger partial charge on any atom is 0.0584 e. The first-order chi connectivity index (χ1) is 8.78. The number of nitrogens with zero attached hydrogens (tertiary/aromatic N) is 1. The molecule has 1 fully saturated rings. The molecule has 0 aliphatic carbocycles. The van der Waals surface area contributed by atoms with Gasteiger partial charge < -0.3 is 10.2 Å². The molecule has 1 aromatic carbocycles. The molecule has 1 unspecified atom stereocenters. The molecule has 0 spiro atoms. The van der Waals surface area contributed by atoms with E-state index in [9.17, 15) is 0 Å². The highest BCUT2D eigenvalue weighted by Crippen LogP contribution is 2.28. The van der Waals surface area contributed by atoms with Crippen LogP contribution in [0.4, 0.5) is 5.69 Å². The molecule has 1 aliphatic heterocycles. The number of hydrogen-bond acceptors (Lipinski definition) is 3. The predicted octanol–water partition coefficient (Wildman–Crippen LogP) is 3.07. The molecule has 94 valence electrons. The van der Waals surface area contributed by atoms with Crippen molar-refractivity contribution >= 4 is 17.0 Å². The molecule has 1 atom stereocenters. The topological polar surface area (TPSA) is 15.3 Å². The van der Waals surface area contributed by atoms with Crippen molar-refractivity contribution in [1.82, 2.24) is 5.32 Å². The van der Waals surface area contributed by atoms with Gasteiger partial charge in [-0.15, -0.1) is 0 Å². The van der Waals surface area contributed by atoms with Crippen molar-refractivity contribution in [3.8, 4) is 0 Å². The van der Waals surface area contributed by atoms with Gasteiger partial charge in [0.1, 0.15) is 0 Å². The lowest BCUT2D eigenvalue weighted by Crippen LogP contribution is -2.56. The van der Waals surface area contributed by atoms with Gasteiger partial charge in [0.15, 0.2) is 0 Å². The van der Waals surface area contributed by atoms with E-state index in [0.717, 1.165) is 19.6 Å². The molecule has 18 heavy (non-hydrogen) atoms. The Bertz CT molecular complexity index is 494. The van der Waals surface area contributed by atoms with Crippen LogP contribution < -0.4 is 10.2 Å². The zero-order chi connectivity index (χ0) is 12.4. The van der Waals surface area contributed by atoms with Crippen LogP contribution in [0.1, 0.15) is 12.5 Å². The van der Waals surface area contributed by atoms with E-state index in [1.165, 1.54) is 11.3 Å². The first-order valence-electron chi connectivity index (χ1n) is 6.36. The Kier molecular flexibility index (Phi) is 3.10. The van der Waals surface area contributed by atoms with Crippen LogP contribution in [-0.4, -0.2) is 19.6 Å². The summed E-state index contributed by atoms with van der Waals surface area (Å²) in [6, 6.07) is 12.9. The Morgan fingerprint density at radius 1 is 1.22 bits per heavy atom. The molecule has 2 nitrogen and oxygen atoms in total. The van der Waals surface area contributed by atoms with Crippen LogP contribution in [0.2, 0.25) is 0 Å². The molecule has 1 aromatic heterocycles. The Hall–Kier alpha value is -1.32. The molecule has 0 saturated carbocycles. The number of nitrogens with one attached hydrogen (secondary N) is 1.